The molecule has 0 aromatic heterocycles. The molecule has 1 amide bonds. The highest BCUT2D eigenvalue weighted by Gasteiger charge is 2.52. The molecule has 0 aromatic rings. The van der Waals surface area contributed by atoms with Gasteiger partial charge in [0.25, 0.3) is 0 Å². The largest absolute Gasteiger partial charge is 0.394 e. The van der Waals surface area contributed by atoms with Gasteiger partial charge in [0.05, 0.1) is 18.7 Å². The molecule has 3 fully saturated rings. The summed E-state index contributed by atoms with van der Waals surface area (Å²) >= 11 is 0. The lowest BCUT2D eigenvalue weighted by Crippen LogP contribution is -2.69. The summed E-state index contributed by atoms with van der Waals surface area (Å²) in [5.41, 5.74) is 23.1. The first kappa shape index (κ1) is 36.0. The molecule has 0 aromatic carbocycles. The average molecular weight is 602 g/mol. The highest BCUT2D eigenvalue weighted by atomic mass is 16.7. The molecule has 2 aliphatic heterocycles. The first-order valence-corrected chi connectivity index (χ1v) is 13.1. The molecule has 0 spiro atoms. The molecule has 16 atom stereocenters. The molecule has 18 heteroatoms. The predicted octanol–water partition coefficient (Wildman–Crippen LogP) is -7.79. The first-order valence-electron chi connectivity index (χ1n) is 13.1. The highest BCUT2D eigenvalue weighted by Crippen LogP contribution is 2.32. The van der Waals surface area contributed by atoms with Crippen molar-refractivity contribution in [2.24, 2.45) is 22.9 Å². The molecule has 3 rings (SSSR count). The number of hydrogen-bond donors (Lipinski definition) is 13. The van der Waals surface area contributed by atoms with Crippen molar-refractivity contribution in [3.63, 3.8) is 0 Å². The third-order valence-electron chi connectivity index (χ3n) is 7.51. The van der Waals surface area contributed by atoms with E-state index in [4.69, 9.17) is 41.9 Å². The fourth-order valence-corrected chi connectivity index (χ4v) is 5.07. The molecule has 2 saturated heterocycles. The Morgan fingerprint density at radius 1 is 0.854 bits per heavy atom. The van der Waals surface area contributed by atoms with Crippen LogP contribution in [-0.4, -0.2) is 164 Å². The Bertz CT molecular complexity index is 816. The van der Waals surface area contributed by atoms with Gasteiger partial charge in [-0.15, -0.1) is 0 Å². The lowest BCUT2D eigenvalue weighted by atomic mass is 9.83. The number of aliphatic hydroxyl groups is 8. The summed E-state index contributed by atoms with van der Waals surface area (Å²) in [7, 11) is 0. The maximum absolute atomic E-state index is 12.6. The van der Waals surface area contributed by atoms with E-state index in [9.17, 15) is 45.6 Å². The predicted molar refractivity (Wildman–Crippen MR) is 138 cm³/mol. The van der Waals surface area contributed by atoms with Gasteiger partial charge in [-0.05, 0) is 19.4 Å². The fraction of sp³-hybridized carbons (Fsp3) is 0.957. The van der Waals surface area contributed by atoms with Gasteiger partial charge < -0.3 is 88.1 Å². The third kappa shape index (κ3) is 7.87. The van der Waals surface area contributed by atoms with Crippen LogP contribution in [0.1, 0.15) is 20.3 Å². The lowest BCUT2D eigenvalue weighted by Gasteiger charge is -2.49. The monoisotopic (exact) mass is 601 g/mol. The standard InChI is InChI=1S/C22H43N5O13.CH4/c23-2-1-8(29)20(36)27-7-3-6(25)18(39-22-16(34)15(33)13(31)9(4-24)37-22)17(35)19(7)40-21-14(32)11(26)12(30)10(5-28)38-21;/h6-19,21-22,28-35H,1-5,23-26H2,(H,27,36);1H4/t6-,7+,8-,9+,10+,11-,12+,13+,14+,15-,16+,17-,18+,19-,21+,22+;/m0./s1. The molecule has 17 N–H and O–H groups in total. The molecule has 3 aliphatic rings. The molecule has 1 aliphatic carbocycles. The Morgan fingerprint density at radius 3 is 2.02 bits per heavy atom. The minimum absolute atomic E-state index is 0. The van der Waals surface area contributed by atoms with Crippen LogP contribution in [0.2, 0.25) is 0 Å². The SMILES string of the molecule is C.NCC[C@H](O)C(=O)N[C@@H]1C[C@H](N)[C@@H](O[C@H]2O[C@H](CN)[C@@H](O)[C@H](O)[C@H]2O)[C@H](O)[C@H]1O[C@H]1O[C@H](CO)[C@@H](O)[C@H](N)[C@H]1O. The summed E-state index contributed by atoms with van der Waals surface area (Å²) in [4.78, 5) is 12.6. The molecule has 1 saturated carbocycles. The van der Waals surface area contributed by atoms with Crippen LogP contribution in [0, 0.1) is 0 Å². The van der Waals surface area contributed by atoms with Crippen molar-refractivity contribution in [1.29, 1.82) is 0 Å². The summed E-state index contributed by atoms with van der Waals surface area (Å²) in [6.45, 7) is -0.898. The van der Waals surface area contributed by atoms with E-state index in [0.29, 0.717) is 0 Å². The first-order chi connectivity index (χ1) is 18.9. The van der Waals surface area contributed by atoms with Crippen molar-refractivity contribution in [3.05, 3.63) is 0 Å². The van der Waals surface area contributed by atoms with Gasteiger partial charge in [-0.3, -0.25) is 4.79 Å². The van der Waals surface area contributed by atoms with Crippen LogP contribution < -0.4 is 28.3 Å². The number of hydrogen-bond acceptors (Lipinski definition) is 17. The second-order valence-corrected chi connectivity index (χ2v) is 10.3. The molecule has 2 heterocycles. The van der Waals surface area contributed by atoms with Crippen LogP contribution in [0.3, 0.4) is 0 Å². The highest BCUT2D eigenvalue weighted by molar-refractivity contribution is 5.80. The van der Waals surface area contributed by atoms with Gasteiger partial charge in [-0.25, -0.2) is 0 Å². The summed E-state index contributed by atoms with van der Waals surface area (Å²) in [6, 6.07) is -3.45. The number of ether oxygens (including phenoxy) is 4. The Hall–Kier alpha value is -1.17. The quantitative estimate of drug-likeness (QED) is 0.110. The van der Waals surface area contributed by atoms with Crippen molar-refractivity contribution in [3.8, 4) is 0 Å². The lowest BCUT2D eigenvalue weighted by molar-refractivity contribution is -0.332. The van der Waals surface area contributed by atoms with Gasteiger partial charge in [0, 0.05) is 12.6 Å². The Kier molecular flexibility index (Phi) is 13.6. The Balaban J connectivity index is 0.00000588. The summed E-state index contributed by atoms with van der Waals surface area (Å²) in [5, 5.41) is 84.9. The van der Waals surface area contributed by atoms with Crippen molar-refractivity contribution < 1.29 is 64.6 Å². The summed E-state index contributed by atoms with van der Waals surface area (Å²) in [5.74, 6) is -0.845. The van der Waals surface area contributed by atoms with Gasteiger partial charge in [0.2, 0.25) is 5.91 Å². The summed E-state index contributed by atoms with van der Waals surface area (Å²) < 4.78 is 22.5. The second kappa shape index (κ2) is 15.5. The fourth-order valence-electron chi connectivity index (χ4n) is 5.07. The van der Waals surface area contributed by atoms with E-state index in [0.717, 1.165) is 0 Å². The number of nitrogens with one attached hydrogen (secondary N) is 1. The topological polar surface area (TPSA) is 332 Å². The number of carbonyl (C=O) groups is 1. The van der Waals surface area contributed by atoms with Crippen LogP contribution in [0.25, 0.3) is 0 Å². The number of nitrogens with two attached hydrogens (primary N) is 4. The Labute approximate surface area is 237 Å². The normalized spacial score (nSPS) is 45.9. The van der Waals surface area contributed by atoms with Crippen molar-refractivity contribution in [2.45, 2.75) is 118 Å². The van der Waals surface area contributed by atoms with Crippen LogP contribution in [-0.2, 0) is 23.7 Å². The average Bonchev–Trinajstić information content (AvgIpc) is 2.92. The van der Waals surface area contributed by atoms with Gasteiger partial charge in [-0.1, -0.05) is 7.43 Å². The molecule has 18 nitrogen and oxygen atoms in total. The minimum Gasteiger partial charge on any atom is -0.394 e. The van der Waals surface area contributed by atoms with E-state index in [2.05, 4.69) is 5.32 Å². The van der Waals surface area contributed by atoms with Gasteiger partial charge in [-0.2, -0.15) is 0 Å². The minimum atomic E-state index is -1.76. The zero-order valence-corrected chi connectivity index (χ0v) is 21.7. The zero-order chi connectivity index (χ0) is 29.9. The zero-order valence-electron chi connectivity index (χ0n) is 21.7. The summed E-state index contributed by atoms with van der Waals surface area (Å²) in [6.07, 6.45) is -19.8. The van der Waals surface area contributed by atoms with E-state index < -0.39 is 110 Å². The van der Waals surface area contributed by atoms with E-state index in [1.807, 2.05) is 0 Å². The molecule has 41 heavy (non-hydrogen) atoms. The molecule has 242 valence electrons. The number of amides is 1. The number of aliphatic hydroxyl groups excluding tert-OH is 8. The van der Waals surface area contributed by atoms with Crippen molar-refractivity contribution in [1.82, 2.24) is 5.32 Å². The van der Waals surface area contributed by atoms with Gasteiger partial charge in [0.15, 0.2) is 12.6 Å². The molecular formula is C23H47N5O13. The van der Waals surface area contributed by atoms with E-state index in [1.54, 1.807) is 0 Å². The van der Waals surface area contributed by atoms with Gasteiger partial charge >= 0.3 is 0 Å². The van der Waals surface area contributed by atoms with Crippen LogP contribution in [0.15, 0.2) is 0 Å². The molecule has 0 unspecified atom stereocenters. The maximum atomic E-state index is 12.6. The maximum Gasteiger partial charge on any atom is 0.249 e. The molecule has 0 bridgehead atoms. The van der Waals surface area contributed by atoms with E-state index in [1.165, 1.54) is 0 Å². The second-order valence-electron chi connectivity index (χ2n) is 10.3. The van der Waals surface area contributed by atoms with Crippen LogP contribution in [0.4, 0.5) is 0 Å². The van der Waals surface area contributed by atoms with Crippen molar-refractivity contribution in [2.75, 3.05) is 19.7 Å². The smallest absolute Gasteiger partial charge is 0.249 e. The third-order valence-corrected chi connectivity index (χ3v) is 7.51. The molecule has 0 radical (unpaired) electrons. The van der Waals surface area contributed by atoms with Crippen LogP contribution >= 0.6 is 0 Å². The number of carbonyl (C=O) groups excluding carboxylic acids is 1. The van der Waals surface area contributed by atoms with Crippen LogP contribution in [0.5, 0.6) is 0 Å². The Morgan fingerprint density at radius 2 is 1.44 bits per heavy atom. The van der Waals surface area contributed by atoms with Crippen molar-refractivity contribution >= 4 is 5.91 Å². The number of rotatable bonds is 10. The van der Waals surface area contributed by atoms with E-state index in [-0.39, 0.29) is 33.4 Å². The van der Waals surface area contributed by atoms with E-state index >= 15 is 0 Å². The molecular weight excluding hydrogens is 554 g/mol. The van der Waals surface area contributed by atoms with Gasteiger partial charge in [0.1, 0.15) is 67.1 Å².